The summed E-state index contributed by atoms with van der Waals surface area (Å²) in [5.74, 6) is -1.59. The molecule has 2 N–H and O–H groups in total. The van der Waals surface area contributed by atoms with Crippen molar-refractivity contribution in [2.45, 2.75) is 110 Å². The molecule has 10 nitrogen and oxygen atoms in total. The number of hydrogen-bond acceptors (Lipinski definition) is 6. The van der Waals surface area contributed by atoms with Crippen LogP contribution in [-0.4, -0.2) is 77.5 Å². The van der Waals surface area contributed by atoms with Crippen molar-refractivity contribution in [3.8, 4) is 0 Å². The van der Waals surface area contributed by atoms with Crippen molar-refractivity contribution in [1.82, 2.24) is 20.4 Å². The monoisotopic (exact) mass is 636 g/mol. The predicted octanol–water partition coefficient (Wildman–Crippen LogP) is 5.01. The molecule has 0 saturated heterocycles. The zero-order valence-corrected chi connectivity index (χ0v) is 28.8. The number of carbonyl (C=O) groups excluding carboxylic acids is 4. The van der Waals surface area contributed by atoms with Gasteiger partial charge in [0, 0.05) is 14.1 Å². The molecule has 0 radical (unpaired) electrons. The Morgan fingerprint density at radius 3 is 2.15 bits per heavy atom. The Kier molecular flexibility index (Phi) is 12.8. The van der Waals surface area contributed by atoms with Crippen LogP contribution in [0.15, 0.2) is 54.6 Å². The summed E-state index contributed by atoms with van der Waals surface area (Å²) in [7, 11) is 3.05. The highest BCUT2D eigenvalue weighted by molar-refractivity contribution is 5.94. The van der Waals surface area contributed by atoms with Gasteiger partial charge in [-0.05, 0) is 76.5 Å². The summed E-state index contributed by atoms with van der Waals surface area (Å²) >= 11 is 0. The number of rotatable bonds is 12. The fourth-order valence-corrected chi connectivity index (χ4v) is 5.57. The summed E-state index contributed by atoms with van der Waals surface area (Å²) in [4.78, 5) is 56.7. The number of ether oxygens (including phenoxy) is 2. The van der Waals surface area contributed by atoms with Crippen LogP contribution in [0, 0.1) is 5.92 Å². The van der Waals surface area contributed by atoms with Crippen LogP contribution in [0.4, 0.5) is 4.79 Å². The van der Waals surface area contributed by atoms with E-state index in [9.17, 15) is 19.2 Å². The van der Waals surface area contributed by atoms with Gasteiger partial charge in [0.2, 0.25) is 17.7 Å². The van der Waals surface area contributed by atoms with E-state index in [1.807, 2.05) is 62.4 Å². The first-order valence-electron chi connectivity index (χ1n) is 16.2. The van der Waals surface area contributed by atoms with Crippen LogP contribution in [0.25, 0.3) is 0 Å². The Balaban J connectivity index is 1.82. The molecule has 10 heteroatoms. The van der Waals surface area contributed by atoms with Crippen molar-refractivity contribution in [1.29, 1.82) is 0 Å². The molecular weight excluding hydrogens is 584 g/mol. The van der Waals surface area contributed by atoms with Crippen molar-refractivity contribution in [3.05, 3.63) is 71.3 Å². The molecule has 0 spiro atoms. The number of benzene rings is 2. The number of carbonyl (C=O) groups is 4. The maximum Gasteiger partial charge on any atom is 0.410 e. The molecule has 46 heavy (non-hydrogen) atoms. The van der Waals surface area contributed by atoms with Crippen molar-refractivity contribution in [2.24, 2.45) is 5.92 Å². The van der Waals surface area contributed by atoms with Gasteiger partial charge in [0.15, 0.2) is 0 Å². The van der Waals surface area contributed by atoms with E-state index in [1.165, 1.54) is 22.4 Å². The van der Waals surface area contributed by atoms with Gasteiger partial charge in [-0.15, -0.1) is 0 Å². The number of amides is 4. The Morgan fingerprint density at radius 2 is 1.52 bits per heavy atom. The van der Waals surface area contributed by atoms with E-state index in [4.69, 9.17) is 9.47 Å². The fourth-order valence-electron chi connectivity index (χ4n) is 5.57. The lowest BCUT2D eigenvalue weighted by atomic mass is 9.87. The van der Waals surface area contributed by atoms with Gasteiger partial charge in [0.1, 0.15) is 23.7 Å². The minimum absolute atomic E-state index is 0.186. The first-order chi connectivity index (χ1) is 21.6. The normalized spacial score (nSPS) is 17.1. The van der Waals surface area contributed by atoms with Crippen LogP contribution < -0.4 is 10.6 Å². The summed E-state index contributed by atoms with van der Waals surface area (Å²) in [5, 5.41) is 6.03. The Labute approximate surface area is 274 Å². The average molecular weight is 637 g/mol. The lowest BCUT2D eigenvalue weighted by Crippen LogP contribution is -2.60. The number of hydrogen-bond donors (Lipinski definition) is 2. The average Bonchev–Trinajstić information content (AvgIpc) is 3.01. The Hall–Kier alpha value is -3.92. The summed E-state index contributed by atoms with van der Waals surface area (Å²) in [5.41, 5.74) is 2.51. The standard InChI is InChI=1S/C36H52N4O6/c1-23(2)30(38-32(41)24(3)39(8)35(44)46-36(5,6)7)34(43)40(9)31(25(4)45-22-26-16-11-10-12-17-26)33(42)37-29-21-15-19-27-18-13-14-20-28(27)29/h10-14,16-18,20,23-25,29-31H,15,19,21-22H2,1-9H3,(H,37,42)(H,38,41)/t24-,25?,29?,30-,31-/m0/s1. The highest BCUT2D eigenvalue weighted by atomic mass is 16.6. The largest absolute Gasteiger partial charge is 0.444 e. The molecule has 4 amide bonds. The van der Waals surface area contributed by atoms with E-state index >= 15 is 0 Å². The highest BCUT2D eigenvalue weighted by Gasteiger charge is 2.39. The number of likely N-dealkylation sites (N-methyl/N-ethyl adjacent to an activating group) is 2. The number of fused-ring (bicyclic) bond motifs is 1. The Morgan fingerprint density at radius 1 is 0.891 bits per heavy atom. The SMILES string of the molecule is CC(C)[C@H](NC(=O)[C@H](C)N(C)C(=O)OC(C)(C)C)C(=O)N(C)[C@H](C(=O)NC1CCCc2ccccc21)C(C)OCc1ccccc1. The van der Waals surface area contributed by atoms with E-state index in [-0.39, 0.29) is 24.5 Å². The third-order valence-electron chi connectivity index (χ3n) is 8.39. The van der Waals surface area contributed by atoms with Gasteiger partial charge in [-0.2, -0.15) is 0 Å². The summed E-state index contributed by atoms with van der Waals surface area (Å²) in [6.07, 6.45) is 1.37. The van der Waals surface area contributed by atoms with Gasteiger partial charge in [0.05, 0.1) is 18.8 Å². The van der Waals surface area contributed by atoms with Gasteiger partial charge in [0.25, 0.3) is 0 Å². The molecule has 0 bridgehead atoms. The van der Waals surface area contributed by atoms with E-state index in [0.29, 0.717) is 0 Å². The van der Waals surface area contributed by atoms with Crippen LogP contribution >= 0.6 is 0 Å². The van der Waals surface area contributed by atoms with Crippen LogP contribution in [0.3, 0.4) is 0 Å². The van der Waals surface area contributed by atoms with Crippen LogP contribution in [0.5, 0.6) is 0 Å². The third-order valence-corrected chi connectivity index (χ3v) is 8.39. The zero-order valence-electron chi connectivity index (χ0n) is 28.8. The number of aryl methyl sites for hydroxylation is 1. The third kappa shape index (κ3) is 9.79. The molecule has 0 heterocycles. The lowest BCUT2D eigenvalue weighted by molar-refractivity contribution is -0.148. The fraction of sp³-hybridized carbons (Fsp3) is 0.556. The van der Waals surface area contributed by atoms with Crippen LogP contribution in [0.1, 0.15) is 84.0 Å². The molecule has 0 aliphatic heterocycles. The van der Waals surface area contributed by atoms with Crippen LogP contribution in [-0.2, 0) is 36.9 Å². The number of nitrogens with zero attached hydrogens (tertiary/aromatic N) is 2. The van der Waals surface area contributed by atoms with Gasteiger partial charge in [-0.1, -0.05) is 68.4 Å². The van der Waals surface area contributed by atoms with E-state index < -0.39 is 47.7 Å². The predicted molar refractivity (Wildman–Crippen MR) is 178 cm³/mol. The molecule has 252 valence electrons. The summed E-state index contributed by atoms with van der Waals surface area (Å²) in [6.45, 7) is 12.5. The topological polar surface area (TPSA) is 117 Å². The summed E-state index contributed by atoms with van der Waals surface area (Å²) in [6, 6.07) is 14.7. The zero-order chi connectivity index (χ0) is 34.2. The van der Waals surface area contributed by atoms with E-state index in [1.54, 1.807) is 41.7 Å². The first kappa shape index (κ1) is 36.5. The van der Waals surface area contributed by atoms with Gasteiger partial charge in [-0.3, -0.25) is 19.3 Å². The molecule has 3 rings (SSSR count). The Bertz CT molecular complexity index is 1340. The van der Waals surface area contributed by atoms with Crippen molar-refractivity contribution in [3.63, 3.8) is 0 Å². The van der Waals surface area contributed by atoms with Crippen molar-refractivity contribution in [2.75, 3.05) is 14.1 Å². The molecule has 1 aliphatic carbocycles. The van der Waals surface area contributed by atoms with E-state index in [0.717, 1.165) is 30.4 Å². The molecule has 0 aromatic heterocycles. The molecule has 2 aromatic rings. The maximum absolute atomic E-state index is 14.1. The second-order valence-corrected chi connectivity index (χ2v) is 13.5. The van der Waals surface area contributed by atoms with Gasteiger partial charge < -0.3 is 25.0 Å². The maximum atomic E-state index is 14.1. The highest BCUT2D eigenvalue weighted by Crippen LogP contribution is 2.30. The lowest BCUT2D eigenvalue weighted by Gasteiger charge is -2.37. The minimum Gasteiger partial charge on any atom is -0.444 e. The minimum atomic E-state index is -0.981. The molecule has 5 atom stereocenters. The summed E-state index contributed by atoms with van der Waals surface area (Å²) < 4.78 is 11.6. The van der Waals surface area contributed by atoms with E-state index in [2.05, 4.69) is 16.7 Å². The number of nitrogens with one attached hydrogen (secondary N) is 2. The van der Waals surface area contributed by atoms with Gasteiger partial charge >= 0.3 is 6.09 Å². The van der Waals surface area contributed by atoms with Crippen molar-refractivity contribution >= 4 is 23.8 Å². The van der Waals surface area contributed by atoms with Crippen LogP contribution in [0.2, 0.25) is 0 Å². The van der Waals surface area contributed by atoms with Gasteiger partial charge in [-0.25, -0.2) is 4.79 Å². The second-order valence-electron chi connectivity index (χ2n) is 13.5. The molecule has 2 unspecified atom stereocenters. The molecule has 0 saturated carbocycles. The smallest absolute Gasteiger partial charge is 0.410 e. The molecule has 0 fully saturated rings. The molecular formula is C36H52N4O6. The molecule has 1 aliphatic rings. The molecule has 2 aromatic carbocycles. The quantitative estimate of drug-likeness (QED) is 0.339. The second kappa shape index (κ2) is 16.1. The first-order valence-corrected chi connectivity index (χ1v) is 16.2. The van der Waals surface area contributed by atoms with Crippen molar-refractivity contribution < 1.29 is 28.7 Å².